The van der Waals surface area contributed by atoms with Gasteiger partial charge in [-0.3, -0.25) is 4.79 Å². The maximum Gasteiger partial charge on any atom is 0.331 e. The number of rotatable bonds is 6. The lowest BCUT2D eigenvalue weighted by Crippen LogP contribution is -2.21. The molecule has 2 aromatic carbocycles. The molecule has 0 unspecified atom stereocenters. The van der Waals surface area contributed by atoms with E-state index in [9.17, 15) is 9.59 Å². The average Bonchev–Trinajstić information content (AvgIpc) is 2.60. The predicted octanol–water partition coefficient (Wildman–Crippen LogP) is 4.41. The van der Waals surface area contributed by atoms with Gasteiger partial charge in [-0.15, -0.1) is 0 Å². The fraction of sp³-hybridized carbons (Fsp3) is 0.200. The van der Waals surface area contributed by atoms with Crippen LogP contribution in [0.4, 0.5) is 5.69 Å². The molecule has 1 amide bonds. The highest BCUT2D eigenvalue weighted by Crippen LogP contribution is 2.20. The summed E-state index contributed by atoms with van der Waals surface area (Å²) in [7, 11) is 0. The summed E-state index contributed by atoms with van der Waals surface area (Å²) in [6.45, 7) is 3.61. The first-order chi connectivity index (χ1) is 12.0. The molecule has 0 spiro atoms. The minimum absolute atomic E-state index is 0.337. The van der Waals surface area contributed by atoms with Crippen molar-refractivity contribution in [1.29, 1.82) is 0 Å². The van der Waals surface area contributed by atoms with Crippen LogP contribution < -0.4 is 5.32 Å². The second-order valence-electron chi connectivity index (χ2n) is 5.51. The van der Waals surface area contributed by atoms with Gasteiger partial charge >= 0.3 is 5.97 Å². The molecule has 130 valence electrons. The Morgan fingerprint density at radius 1 is 1.20 bits per heavy atom. The highest BCUT2D eigenvalue weighted by molar-refractivity contribution is 6.30. The molecule has 0 radical (unpaired) electrons. The van der Waals surface area contributed by atoms with E-state index < -0.39 is 5.97 Å². The molecule has 5 heteroatoms. The van der Waals surface area contributed by atoms with Gasteiger partial charge in [-0.1, -0.05) is 48.9 Å². The van der Waals surface area contributed by atoms with Gasteiger partial charge in [-0.05, 0) is 48.2 Å². The molecule has 0 saturated heterocycles. The van der Waals surface area contributed by atoms with Crippen molar-refractivity contribution in [2.24, 2.45) is 0 Å². The summed E-state index contributed by atoms with van der Waals surface area (Å²) in [5.41, 5.74) is 3.57. The molecule has 0 fully saturated rings. The maximum absolute atomic E-state index is 12.0. The Balaban J connectivity index is 1.89. The Kier molecular flexibility index (Phi) is 6.78. The molecular weight excluding hydrogens is 338 g/mol. The quantitative estimate of drug-likeness (QED) is 0.615. The van der Waals surface area contributed by atoms with E-state index in [1.54, 1.807) is 24.3 Å². The summed E-state index contributed by atoms with van der Waals surface area (Å²) >= 11 is 5.87. The van der Waals surface area contributed by atoms with Crippen molar-refractivity contribution >= 4 is 35.2 Å². The van der Waals surface area contributed by atoms with Crippen LogP contribution in [0, 0.1) is 6.92 Å². The van der Waals surface area contributed by atoms with E-state index in [0.717, 1.165) is 28.8 Å². The zero-order valence-corrected chi connectivity index (χ0v) is 15.0. The number of halogens is 1. The molecule has 0 aliphatic carbocycles. The second-order valence-corrected chi connectivity index (χ2v) is 5.94. The van der Waals surface area contributed by atoms with Crippen LogP contribution >= 0.6 is 11.6 Å². The van der Waals surface area contributed by atoms with Crippen LogP contribution in [0.2, 0.25) is 5.02 Å². The number of nitrogens with one attached hydrogen (secondary N) is 1. The molecule has 0 saturated carbocycles. The van der Waals surface area contributed by atoms with E-state index >= 15 is 0 Å². The predicted molar refractivity (Wildman–Crippen MR) is 101 cm³/mol. The van der Waals surface area contributed by atoms with Crippen molar-refractivity contribution in [3.63, 3.8) is 0 Å². The summed E-state index contributed by atoms with van der Waals surface area (Å²) in [6.07, 6.45) is 3.66. The number of hydrogen-bond donors (Lipinski definition) is 1. The van der Waals surface area contributed by atoms with Crippen LogP contribution in [0.5, 0.6) is 0 Å². The SMILES string of the molecule is CCc1cccc(C)c1NC(=O)COC(=O)/C=C/c1cccc(Cl)c1. The van der Waals surface area contributed by atoms with Crippen molar-refractivity contribution in [2.45, 2.75) is 20.3 Å². The van der Waals surface area contributed by atoms with E-state index in [-0.39, 0.29) is 12.5 Å². The third-order valence-corrected chi connectivity index (χ3v) is 3.85. The van der Waals surface area contributed by atoms with Crippen molar-refractivity contribution in [1.82, 2.24) is 0 Å². The van der Waals surface area contributed by atoms with E-state index in [1.165, 1.54) is 6.08 Å². The maximum atomic E-state index is 12.0. The minimum atomic E-state index is -0.587. The number of hydrogen-bond acceptors (Lipinski definition) is 3. The number of carbonyl (C=O) groups excluding carboxylic acids is 2. The van der Waals surface area contributed by atoms with Gasteiger partial charge in [0, 0.05) is 16.8 Å². The first-order valence-electron chi connectivity index (χ1n) is 7.98. The third kappa shape index (κ3) is 5.76. The highest BCUT2D eigenvalue weighted by atomic mass is 35.5. The molecule has 1 N–H and O–H groups in total. The lowest BCUT2D eigenvalue weighted by atomic mass is 10.1. The van der Waals surface area contributed by atoms with Crippen LogP contribution in [0.3, 0.4) is 0 Å². The van der Waals surface area contributed by atoms with Gasteiger partial charge in [0.25, 0.3) is 5.91 Å². The highest BCUT2D eigenvalue weighted by Gasteiger charge is 2.10. The van der Waals surface area contributed by atoms with Crippen molar-refractivity contribution in [3.8, 4) is 0 Å². The molecule has 2 aromatic rings. The number of aryl methyl sites for hydroxylation is 2. The van der Waals surface area contributed by atoms with Gasteiger partial charge in [0.05, 0.1) is 0 Å². The Hall–Kier alpha value is -2.59. The second kappa shape index (κ2) is 9.04. The monoisotopic (exact) mass is 357 g/mol. The van der Waals surface area contributed by atoms with Crippen LogP contribution in [0.15, 0.2) is 48.5 Å². The first kappa shape index (κ1) is 18.7. The van der Waals surface area contributed by atoms with Crippen molar-refractivity contribution in [3.05, 3.63) is 70.3 Å². The number of carbonyl (C=O) groups is 2. The van der Waals surface area contributed by atoms with Crippen LogP contribution in [-0.2, 0) is 20.7 Å². The van der Waals surface area contributed by atoms with E-state index in [2.05, 4.69) is 5.32 Å². The summed E-state index contributed by atoms with van der Waals surface area (Å²) < 4.78 is 4.97. The number of ether oxygens (including phenoxy) is 1. The summed E-state index contributed by atoms with van der Waals surface area (Å²) in [5, 5.41) is 3.39. The van der Waals surface area contributed by atoms with Crippen LogP contribution in [0.25, 0.3) is 6.08 Å². The van der Waals surface area contributed by atoms with Gasteiger partial charge < -0.3 is 10.1 Å². The number of esters is 1. The zero-order valence-electron chi connectivity index (χ0n) is 14.2. The van der Waals surface area contributed by atoms with Gasteiger partial charge in [0.15, 0.2) is 6.61 Å². The number of amides is 1. The minimum Gasteiger partial charge on any atom is -0.452 e. The summed E-state index contributed by atoms with van der Waals surface area (Å²) in [5.74, 6) is -0.955. The first-order valence-corrected chi connectivity index (χ1v) is 8.36. The van der Waals surface area contributed by atoms with Crippen molar-refractivity contribution in [2.75, 3.05) is 11.9 Å². The molecule has 0 aliphatic heterocycles. The molecule has 0 aromatic heterocycles. The molecule has 0 atom stereocenters. The average molecular weight is 358 g/mol. The van der Waals surface area contributed by atoms with Crippen LogP contribution in [-0.4, -0.2) is 18.5 Å². The molecular formula is C20H20ClNO3. The zero-order chi connectivity index (χ0) is 18.2. The lowest BCUT2D eigenvalue weighted by molar-refractivity contribution is -0.142. The number of para-hydroxylation sites is 1. The molecule has 25 heavy (non-hydrogen) atoms. The summed E-state index contributed by atoms with van der Waals surface area (Å²) in [6, 6.07) is 12.9. The standard InChI is InChI=1S/C20H20ClNO3/c1-3-16-8-4-6-14(2)20(16)22-18(23)13-25-19(24)11-10-15-7-5-9-17(21)12-15/h4-12H,3,13H2,1-2H3,(H,22,23)/b11-10+. The van der Waals surface area contributed by atoms with Crippen molar-refractivity contribution < 1.29 is 14.3 Å². The fourth-order valence-electron chi connectivity index (χ4n) is 2.34. The van der Waals surface area contributed by atoms with E-state index in [1.807, 2.05) is 38.1 Å². The largest absolute Gasteiger partial charge is 0.452 e. The van der Waals surface area contributed by atoms with Gasteiger partial charge in [-0.25, -0.2) is 4.79 Å². The number of anilines is 1. The Morgan fingerprint density at radius 3 is 2.68 bits per heavy atom. The molecule has 2 rings (SSSR count). The molecule has 0 bridgehead atoms. The Labute approximate surface area is 152 Å². The normalized spacial score (nSPS) is 10.7. The topological polar surface area (TPSA) is 55.4 Å². The third-order valence-electron chi connectivity index (χ3n) is 3.61. The Bertz CT molecular complexity index is 799. The van der Waals surface area contributed by atoms with E-state index in [4.69, 9.17) is 16.3 Å². The number of benzene rings is 2. The smallest absolute Gasteiger partial charge is 0.331 e. The molecule has 4 nitrogen and oxygen atoms in total. The van der Waals surface area contributed by atoms with Crippen LogP contribution in [0.1, 0.15) is 23.6 Å². The van der Waals surface area contributed by atoms with Gasteiger partial charge in [0.1, 0.15) is 0 Å². The fourth-order valence-corrected chi connectivity index (χ4v) is 2.54. The van der Waals surface area contributed by atoms with E-state index in [0.29, 0.717) is 5.02 Å². The summed E-state index contributed by atoms with van der Waals surface area (Å²) in [4.78, 5) is 23.8. The Morgan fingerprint density at radius 2 is 1.96 bits per heavy atom. The van der Waals surface area contributed by atoms with Gasteiger partial charge in [0.2, 0.25) is 0 Å². The van der Waals surface area contributed by atoms with Gasteiger partial charge in [-0.2, -0.15) is 0 Å². The molecule has 0 aliphatic rings. The molecule has 0 heterocycles. The lowest BCUT2D eigenvalue weighted by Gasteiger charge is -2.12.